The molecule has 0 heterocycles. The molecule has 1 atom stereocenters. The van der Waals surface area contributed by atoms with Crippen molar-refractivity contribution >= 4 is 0 Å². The zero-order chi connectivity index (χ0) is 8.74. The lowest BCUT2D eigenvalue weighted by atomic mass is 10.0. The van der Waals surface area contributed by atoms with Gasteiger partial charge in [-0.05, 0) is 25.8 Å². The summed E-state index contributed by atoms with van der Waals surface area (Å²) in [6.07, 6.45) is 2.50. The molecule has 0 aromatic carbocycles. The number of aliphatic hydroxyl groups excluding tert-OH is 1. The van der Waals surface area contributed by atoms with E-state index < -0.39 is 5.60 Å². The van der Waals surface area contributed by atoms with Crippen molar-refractivity contribution in [1.29, 1.82) is 0 Å². The van der Waals surface area contributed by atoms with Crippen molar-refractivity contribution in [3.63, 3.8) is 0 Å². The molecule has 1 unspecified atom stereocenters. The third-order valence-electron chi connectivity index (χ3n) is 1.27. The van der Waals surface area contributed by atoms with E-state index in [0.717, 1.165) is 0 Å². The van der Waals surface area contributed by atoms with Crippen LogP contribution in [-0.4, -0.2) is 22.4 Å². The second kappa shape index (κ2) is 4.95. The molecule has 2 heteroatoms. The molecule has 0 rings (SSSR count). The van der Waals surface area contributed by atoms with Gasteiger partial charge in [0.05, 0.1) is 0 Å². The molecule has 0 aliphatic rings. The van der Waals surface area contributed by atoms with Crippen LogP contribution < -0.4 is 0 Å². The number of allylic oxidation sites excluding steroid dienone is 1. The largest absolute Gasteiger partial charge is 0.396 e. The first-order valence-electron chi connectivity index (χ1n) is 3.59. The molecule has 0 saturated heterocycles. The Morgan fingerprint density at radius 2 is 2.27 bits per heavy atom. The van der Waals surface area contributed by atoms with Gasteiger partial charge in [0.15, 0.2) is 0 Å². The van der Waals surface area contributed by atoms with Crippen LogP contribution in [0.3, 0.4) is 0 Å². The Labute approximate surface area is 67.6 Å². The van der Waals surface area contributed by atoms with Crippen molar-refractivity contribution in [2.45, 2.75) is 25.4 Å². The van der Waals surface area contributed by atoms with Gasteiger partial charge in [0, 0.05) is 6.61 Å². The number of aliphatic hydroxyl groups is 2. The Morgan fingerprint density at radius 1 is 1.64 bits per heavy atom. The van der Waals surface area contributed by atoms with E-state index in [1.807, 2.05) is 0 Å². The summed E-state index contributed by atoms with van der Waals surface area (Å²) in [7, 11) is 0. The highest BCUT2D eigenvalue weighted by atomic mass is 16.3. The monoisotopic (exact) mass is 154 g/mol. The van der Waals surface area contributed by atoms with Gasteiger partial charge in [0.25, 0.3) is 0 Å². The first-order valence-corrected chi connectivity index (χ1v) is 3.59. The number of hydrogen-bond donors (Lipinski definition) is 2. The fourth-order valence-corrected chi connectivity index (χ4v) is 0.692. The van der Waals surface area contributed by atoms with E-state index in [9.17, 15) is 5.11 Å². The molecular formula is C9H14O2. The molecule has 0 aliphatic carbocycles. The van der Waals surface area contributed by atoms with Gasteiger partial charge in [-0.25, -0.2) is 0 Å². The van der Waals surface area contributed by atoms with Gasteiger partial charge < -0.3 is 10.2 Å². The molecule has 0 bridgehead atoms. The summed E-state index contributed by atoms with van der Waals surface area (Å²) in [6, 6.07) is 0. The van der Waals surface area contributed by atoms with Crippen LogP contribution in [0.15, 0.2) is 12.7 Å². The van der Waals surface area contributed by atoms with Crippen LogP contribution in [0.5, 0.6) is 0 Å². The maximum atomic E-state index is 9.44. The van der Waals surface area contributed by atoms with E-state index in [0.29, 0.717) is 12.8 Å². The average Bonchev–Trinajstić information content (AvgIpc) is 1.97. The zero-order valence-electron chi connectivity index (χ0n) is 6.80. The smallest absolute Gasteiger partial charge is 0.123 e. The molecule has 0 aromatic heterocycles. The minimum absolute atomic E-state index is 0.0892. The molecular weight excluding hydrogens is 140 g/mol. The van der Waals surface area contributed by atoms with E-state index in [1.54, 1.807) is 6.92 Å². The van der Waals surface area contributed by atoms with E-state index in [-0.39, 0.29) is 6.61 Å². The molecule has 0 fully saturated rings. The fourth-order valence-electron chi connectivity index (χ4n) is 0.692. The van der Waals surface area contributed by atoms with E-state index in [2.05, 4.69) is 18.4 Å². The fraction of sp³-hybridized carbons (Fsp3) is 0.556. The van der Waals surface area contributed by atoms with E-state index in [1.165, 1.54) is 6.08 Å². The minimum Gasteiger partial charge on any atom is -0.396 e. The second-order valence-corrected chi connectivity index (χ2v) is 2.57. The SMILES string of the molecule is C=CC#CC(C)(O)CCCO. The Kier molecular flexibility index (Phi) is 4.60. The topological polar surface area (TPSA) is 40.5 Å². The van der Waals surface area contributed by atoms with Crippen LogP contribution in [-0.2, 0) is 0 Å². The molecule has 0 radical (unpaired) electrons. The Balaban J connectivity index is 3.88. The molecule has 0 aromatic rings. The molecule has 0 amide bonds. The van der Waals surface area contributed by atoms with Gasteiger partial charge in [0.1, 0.15) is 5.60 Å². The third kappa shape index (κ3) is 5.65. The predicted octanol–water partition coefficient (Wildman–Crippen LogP) is 0.699. The summed E-state index contributed by atoms with van der Waals surface area (Å²) in [6.45, 7) is 5.12. The van der Waals surface area contributed by atoms with Gasteiger partial charge >= 0.3 is 0 Å². The molecule has 0 saturated carbocycles. The lowest BCUT2D eigenvalue weighted by Gasteiger charge is -2.14. The van der Waals surface area contributed by atoms with Crippen LogP contribution in [0, 0.1) is 11.8 Å². The summed E-state index contributed by atoms with van der Waals surface area (Å²) < 4.78 is 0. The summed E-state index contributed by atoms with van der Waals surface area (Å²) in [5.41, 5.74) is -0.989. The average molecular weight is 154 g/mol. The minimum atomic E-state index is -0.989. The molecule has 2 nitrogen and oxygen atoms in total. The molecule has 0 aliphatic heterocycles. The van der Waals surface area contributed by atoms with Crippen LogP contribution >= 0.6 is 0 Å². The van der Waals surface area contributed by atoms with E-state index >= 15 is 0 Å². The van der Waals surface area contributed by atoms with Gasteiger partial charge in [-0.2, -0.15) is 0 Å². The Morgan fingerprint density at radius 3 is 2.73 bits per heavy atom. The van der Waals surface area contributed by atoms with Crippen molar-refractivity contribution in [3.8, 4) is 11.8 Å². The first-order chi connectivity index (χ1) is 5.12. The third-order valence-corrected chi connectivity index (χ3v) is 1.27. The number of hydrogen-bond acceptors (Lipinski definition) is 2. The molecule has 2 N–H and O–H groups in total. The standard InChI is InChI=1S/C9H14O2/c1-3-4-6-9(2,11)7-5-8-10/h3,10-11H,1,5,7-8H2,2H3. The maximum Gasteiger partial charge on any atom is 0.123 e. The van der Waals surface area contributed by atoms with Crippen LogP contribution in [0.25, 0.3) is 0 Å². The molecule has 0 spiro atoms. The van der Waals surface area contributed by atoms with Crippen LogP contribution in [0.4, 0.5) is 0 Å². The maximum absolute atomic E-state index is 9.44. The highest BCUT2D eigenvalue weighted by Crippen LogP contribution is 2.09. The summed E-state index contributed by atoms with van der Waals surface area (Å²) in [4.78, 5) is 0. The van der Waals surface area contributed by atoms with Crippen molar-refractivity contribution in [2.75, 3.05) is 6.61 Å². The lowest BCUT2D eigenvalue weighted by molar-refractivity contribution is 0.101. The van der Waals surface area contributed by atoms with Gasteiger partial charge in [-0.1, -0.05) is 18.4 Å². The highest BCUT2D eigenvalue weighted by Gasteiger charge is 2.14. The van der Waals surface area contributed by atoms with Gasteiger partial charge in [-0.3, -0.25) is 0 Å². The summed E-state index contributed by atoms with van der Waals surface area (Å²) >= 11 is 0. The van der Waals surface area contributed by atoms with Gasteiger partial charge in [-0.15, -0.1) is 0 Å². The van der Waals surface area contributed by atoms with E-state index in [4.69, 9.17) is 5.11 Å². The van der Waals surface area contributed by atoms with Crippen LogP contribution in [0.1, 0.15) is 19.8 Å². The quantitative estimate of drug-likeness (QED) is 0.587. The second-order valence-electron chi connectivity index (χ2n) is 2.57. The Hall–Kier alpha value is -0.780. The number of rotatable bonds is 3. The normalized spacial score (nSPS) is 14.5. The molecule has 11 heavy (non-hydrogen) atoms. The first kappa shape index (κ1) is 10.2. The highest BCUT2D eigenvalue weighted by molar-refractivity contribution is 5.19. The predicted molar refractivity (Wildman–Crippen MR) is 44.9 cm³/mol. The van der Waals surface area contributed by atoms with Crippen LogP contribution in [0.2, 0.25) is 0 Å². The van der Waals surface area contributed by atoms with Crippen molar-refractivity contribution in [2.24, 2.45) is 0 Å². The molecule has 62 valence electrons. The zero-order valence-corrected chi connectivity index (χ0v) is 6.80. The van der Waals surface area contributed by atoms with Crippen molar-refractivity contribution in [3.05, 3.63) is 12.7 Å². The van der Waals surface area contributed by atoms with Crippen molar-refractivity contribution < 1.29 is 10.2 Å². The lowest BCUT2D eigenvalue weighted by Crippen LogP contribution is -2.21. The summed E-state index contributed by atoms with van der Waals surface area (Å²) in [5, 5.41) is 17.9. The van der Waals surface area contributed by atoms with Crippen molar-refractivity contribution in [1.82, 2.24) is 0 Å². The summed E-state index contributed by atoms with van der Waals surface area (Å²) in [5.74, 6) is 5.20. The van der Waals surface area contributed by atoms with Gasteiger partial charge in [0.2, 0.25) is 0 Å². The Bertz CT molecular complexity index is 172.